The van der Waals surface area contributed by atoms with Gasteiger partial charge in [0, 0.05) is 65.5 Å². The second kappa shape index (κ2) is 13.5. The molecule has 0 unspecified atom stereocenters. The Labute approximate surface area is 354 Å². The topological polar surface area (TPSA) is 77.8 Å². The average molecular weight is 793 g/mol. The van der Waals surface area contributed by atoms with Crippen molar-refractivity contribution in [2.24, 2.45) is 0 Å². The van der Waals surface area contributed by atoms with Gasteiger partial charge in [-0.05, 0) is 64.9 Å². The van der Waals surface area contributed by atoms with Crippen LogP contribution in [0.25, 0.3) is 133 Å². The highest BCUT2D eigenvalue weighted by Gasteiger charge is 2.21. The molecule has 6 heteroatoms. The fourth-order valence-electron chi connectivity index (χ4n) is 9.16. The number of hydrogen-bond acceptors (Lipinski definition) is 6. The van der Waals surface area contributed by atoms with Crippen molar-refractivity contribution in [1.82, 2.24) is 19.9 Å². The maximum atomic E-state index is 6.47. The summed E-state index contributed by atoms with van der Waals surface area (Å²) in [6, 6.07) is 66.9. The van der Waals surface area contributed by atoms with E-state index in [1.54, 1.807) is 0 Å². The molecule has 0 spiro atoms. The van der Waals surface area contributed by atoms with Gasteiger partial charge in [0.15, 0.2) is 17.5 Å². The van der Waals surface area contributed by atoms with Crippen LogP contribution < -0.4 is 0 Å². The van der Waals surface area contributed by atoms with Crippen LogP contribution in [0.3, 0.4) is 0 Å². The number of rotatable bonds is 5. The van der Waals surface area contributed by atoms with Gasteiger partial charge < -0.3 is 8.83 Å². The van der Waals surface area contributed by atoms with Crippen molar-refractivity contribution in [3.8, 4) is 56.5 Å². The van der Waals surface area contributed by atoms with Crippen LogP contribution in [0, 0.1) is 0 Å². The zero-order valence-electron chi connectivity index (χ0n) is 33.1. The predicted octanol–water partition coefficient (Wildman–Crippen LogP) is 14.9. The molecule has 0 saturated heterocycles. The number of nitrogens with zero attached hydrogens (tertiary/aromatic N) is 4. The number of pyridine rings is 1. The van der Waals surface area contributed by atoms with E-state index in [2.05, 4.69) is 127 Å². The molecule has 13 rings (SSSR count). The van der Waals surface area contributed by atoms with Crippen molar-refractivity contribution >= 4 is 76.3 Å². The van der Waals surface area contributed by atoms with Crippen molar-refractivity contribution < 1.29 is 8.83 Å². The molecule has 0 radical (unpaired) electrons. The van der Waals surface area contributed by atoms with Gasteiger partial charge in [-0.25, -0.2) is 19.9 Å². The molecule has 4 aromatic heterocycles. The monoisotopic (exact) mass is 792 g/mol. The Morgan fingerprint density at radius 2 is 0.887 bits per heavy atom. The van der Waals surface area contributed by atoms with E-state index in [0.717, 1.165) is 105 Å². The Bertz CT molecular complexity index is 3940. The van der Waals surface area contributed by atoms with Gasteiger partial charge >= 0.3 is 0 Å². The minimum Gasteiger partial charge on any atom is -0.456 e. The van der Waals surface area contributed by atoms with Crippen molar-refractivity contribution in [3.63, 3.8) is 0 Å². The molecule has 13 aromatic rings. The van der Waals surface area contributed by atoms with Crippen molar-refractivity contribution in [3.05, 3.63) is 194 Å². The largest absolute Gasteiger partial charge is 0.456 e. The lowest BCUT2D eigenvalue weighted by Gasteiger charge is -2.15. The molecule has 0 atom stereocenters. The standard InChI is InChI=1S/C56H32N4O2/c1-2-13-34(14-3-1)54-58-55(60-56(59-54)39-26-27-42-41-18-6-8-22-46(41)62-49(42)32-39)38-17-10-16-36(31-38)40-20-11-21-44-50-45(28-29-48-51(50)43-19-7-9-23-47(43)61-48)52(57-53(40)44)37-25-24-33-12-4-5-15-35(33)30-37/h1-32H. The molecule has 9 aromatic carbocycles. The Balaban J connectivity index is 1.03. The fourth-order valence-corrected chi connectivity index (χ4v) is 9.16. The van der Waals surface area contributed by atoms with Gasteiger partial charge in [-0.2, -0.15) is 0 Å². The first-order valence-corrected chi connectivity index (χ1v) is 20.7. The molecular formula is C56H32N4O2. The Hall–Kier alpha value is -8.48. The first-order valence-electron chi connectivity index (χ1n) is 20.7. The van der Waals surface area contributed by atoms with E-state index >= 15 is 0 Å². The molecule has 288 valence electrons. The molecule has 6 nitrogen and oxygen atoms in total. The number of hydrogen-bond donors (Lipinski definition) is 0. The van der Waals surface area contributed by atoms with Crippen molar-refractivity contribution in [2.75, 3.05) is 0 Å². The predicted molar refractivity (Wildman–Crippen MR) is 252 cm³/mol. The Kier molecular flexibility index (Phi) is 7.50. The highest BCUT2D eigenvalue weighted by molar-refractivity contribution is 6.29. The van der Waals surface area contributed by atoms with E-state index in [0.29, 0.717) is 17.5 Å². The summed E-state index contributed by atoms with van der Waals surface area (Å²) < 4.78 is 12.7. The van der Waals surface area contributed by atoms with E-state index in [-0.39, 0.29) is 0 Å². The Morgan fingerprint density at radius 1 is 0.290 bits per heavy atom. The van der Waals surface area contributed by atoms with Gasteiger partial charge in [0.2, 0.25) is 0 Å². The summed E-state index contributed by atoms with van der Waals surface area (Å²) in [6.45, 7) is 0. The highest BCUT2D eigenvalue weighted by atomic mass is 16.3. The molecule has 0 N–H and O–H groups in total. The summed E-state index contributed by atoms with van der Waals surface area (Å²) >= 11 is 0. The smallest absolute Gasteiger partial charge is 0.164 e. The molecule has 4 heterocycles. The van der Waals surface area contributed by atoms with E-state index in [1.807, 2.05) is 66.7 Å². The quantitative estimate of drug-likeness (QED) is 0.162. The first-order chi connectivity index (χ1) is 30.7. The number of furan rings is 2. The van der Waals surface area contributed by atoms with E-state index < -0.39 is 0 Å². The van der Waals surface area contributed by atoms with Gasteiger partial charge in [-0.3, -0.25) is 0 Å². The molecule has 0 aliphatic carbocycles. The summed E-state index contributed by atoms with van der Waals surface area (Å²) in [4.78, 5) is 20.9. The zero-order valence-corrected chi connectivity index (χ0v) is 33.1. The van der Waals surface area contributed by atoms with Crippen LogP contribution in [0.15, 0.2) is 203 Å². The highest BCUT2D eigenvalue weighted by Crippen LogP contribution is 2.44. The lowest BCUT2D eigenvalue weighted by atomic mass is 9.92. The van der Waals surface area contributed by atoms with Crippen LogP contribution in [0.2, 0.25) is 0 Å². The molecule has 0 amide bonds. The third-order valence-electron chi connectivity index (χ3n) is 12.1. The second-order valence-electron chi connectivity index (χ2n) is 15.7. The van der Waals surface area contributed by atoms with Crippen LogP contribution in [-0.4, -0.2) is 19.9 Å². The summed E-state index contributed by atoms with van der Waals surface area (Å²) in [5.41, 5.74) is 10.8. The number of para-hydroxylation sites is 3. The molecule has 0 bridgehead atoms. The van der Waals surface area contributed by atoms with Crippen LogP contribution in [0.5, 0.6) is 0 Å². The minimum absolute atomic E-state index is 0.566. The van der Waals surface area contributed by atoms with Gasteiger partial charge in [-0.1, -0.05) is 146 Å². The van der Waals surface area contributed by atoms with Gasteiger partial charge in [0.1, 0.15) is 22.3 Å². The molecule has 0 fully saturated rings. The number of benzene rings is 9. The summed E-state index contributed by atoms with van der Waals surface area (Å²) in [6.07, 6.45) is 0. The first kappa shape index (κ1) is 34.4. The maximum absolute atomic E-state index is 6.47. The van der Waals surface area contributed by atoms with Gasteiger partial charge in [-0.15, -0.1) is 0 Å². The Morgan fingerprint density at radius 3 is 1.74 bits per heavy atom. The fraction of sp³-hybridized carbons (Fsp3) is 0. The molecular weight excluding hydrogens is 761 g/mol. The minimum atomic E-state index is 0.566. The van der Waals surface area contributed by atoms with Crippen LogP contribution in [0.4, 0.5) is 0 Å². The molecule has 62 heavy (non-hydrogen) atoms. The normalized spacial score (nSPS) is 11.9. The van der Waals surface area contributed by atoms with Gasteiger partial charge in [0.25, 0.3) is 0 Å². The summed E-state index contributed by atoms with van der Waals surface area (Å²) in [5, 5.41) is 9.90. The van der Waals surface area contributed by atoms with Crippen LogP contribution in [-0.2, 0) is 0 Å². The van der Waals surface area contributed by atoms with Crippen LogP contribution >= 0.6 is 0 Å². The van der Waals surface area contributed by atoms with Gasteiger partial charge in [0.05, 0.1) is 11.2 Å². The van der Waals surface area contributed by atoms with E-state index in [1.165, 1.54) is 10.8 Å². The molecule has 0 saturated carbocycles. The SMILES string of the molecule is c1ccc(-c2nc(-c3cccc(-c4cccc5c4nc(-c4ccc6ccccc6c4)c4ccc6oc7ccccc7c6c45)c3)nc(-c3ccc4c(c3)oc3ccccc34)n2)cc1. The molecule has 0 aliphatic rings. The van der Waals surface area contributed by atoms with E-state index in [4.69, 9.17) is 28.8 Å². The average Bonchev–Trinajstić information content (AvgIpc) is 3.92. The third-order valence-corrected chi connectivity index (χ3v) is 12.1. The van der Waals surface area contributed by atoms with E-state index in [9.17, 15) is 0 Å². The maximum Gasteiger partial charge on any atom is 0.164 e. The van der Waals surface area contributed by atoms with Crippen LogP contribution in [0.1, 0.15) is 0 Å². The third kappa shape index (κ3) is 5.44. The second-order valence-corrected chi connectivity index (χ2v) is 15.7. The lowest BCUT2D eigenvalue weighted by molar-refractivity contribution is 0.668. The zero-order chi connectivity index (χ0) is 40.7. The summed E-state index contributed by atoms with van der Waals surface area (Å²) in [7, 11) is 0. The van der Waals surface area contributed by atoms with Crippen molar-refractivity contribution in [2.45, 2.75) is 0 Å². The molecule has 0 aliphatic heterocycles. The van der Waals surface area contributed by atoms with Crippen molar-refractivity contribution in [1.29, 1.82) is 0 Å². The number of fused-ring (bicyclic) bond motifs is 11. The summed E-state index contributed by atoms with van der Waals surface area (Å²) in [5.74, 6) is 1.73. The number of aromatic nitrogens is 4. The lowest BCUT2D eigenvalue weighted by Crippen LogP contribution is -2.00.